The van der Waals surface area contributed by atoms with Gasteiger partial charge in [-0.2, -0.15) is 4.98 Å². The van der Waals surface area contributed by atoms with E-state index >= 15 is 0 Å². The van der Waals surface area contributed by atoms with Gasteiger partial charge in [-0.05, 0) is 31.7 Å². The molecule has 0 aromatic carbocycles. The van der Waals surface area contributed by atoms with E-state index < -0.39 is 0 Å². The highest BCUT2D eigenvalue weighted by Gasteiger charge is 2.28. The highest BCUT2D eigenvalue weighted by atomic mass is 16.5. The second-order valence-electron chi connectivity index (χ2n) is 5.74. The maximum atomic E-state index is 5.41. The molecular formula is C15H27N3O2. The Bertz CT molecular complexity index is 388. The number of nitrogens with one attached hydrogen (secondary N) is 1. The summed E-state index contributed by atoms with van der Waals surface area (Å²) in [7, 11) is 1.72. The smallest absolute Gasteiger partial charge is 0.228 e. The Balaban J connectivity index is 1.91. The van der Waals surface area contributed by atoms with Gasteiger partial charge in [-0.25, -0.2) is 0 Å². The SMILES string of the molecule is CCNC(COC)Cc1nc(C2CCC(CC)C2)no1. The third-order valence-electron chi connectivity index (χ3n) is 4.25. The monoisotopic (exact) mass is 281 g/mol. The number of hydrogen-bond donors (Lipinski definition) is 1. The summed E-state index contributed by atoms with van der Waals surface area (Å²) in [5.74, 6) is 2.97. The lowest BCUT2D eigenvalue weighted by atomic mass is 10.0. The molecule has 0 aliphatic heterocycles. The van der Waals surface area contributed by atoms with Crippen molar-refractivity contribution in [3.8, 4) is 0 Å². The molecule has 0 spiro atoms. The minimum absolute atomic E-state index is 0.241. The topological polar surface area (TPSA) is 60.2 Å². The highest BCUT2D eigenvalue weighted by molar-refractivity contribution is 5.00. The molecular weight excluding hydrogens is 254 g/mol. The second-order valence-corrected chi connectivity index (χ2v) is 5.74. The van der Waals surface area contributed by atoms with Gasteiger partial charge in [0.05, 0.1) is 6.61 Å². The molecule has 0 bridgehead atoms. The largest absolute Gasteiger partial charge is 0.383 e. The highest BCUT2D eigenvalue weighted by Crippen LogP contribution is 2.38. The lowest BCUT2D eigenvalue weighted by Crippen LogP contribution is -2.35. The van der Waals surface area contributed by atoms with Gasteiger partial charge in [0.25, 0.3) is 0 Å². The normalized spacial score (nSPS) is 24.1. The zero-order valence-electron chi connectivity index (χ0n) is 12.9. The van der Waals surface area contributed by atoms with E-state index in [-0.39, 0.29) is 6.04 Å². The van der Waals surface area contributed by atoms with Gasteiger partial charge in [-0.3, -0.25) is 0 Å². The summed E-state index contributed by atoms with van der Waals surface area (Å²) in [6.07, 6.45) is 5.71. The van der Waals surface area contributed by atoms with E-state index in [9.17, 15) is 0 Å². The minimum atomic E-state index is 0.241. The van der Waals surface area contributed by atoms with Crippen LogP contribution >= 0.6 is 0 Å². The first-order valence-corrected chi connectivity index (χ1v) is 7.81. The van der Waals surface area contributed by atoms with Gasteiger partial charge >= 0.3 is 0 Å². The average Bonchev–Trinajstić information content (AvgIpc) is 3.07. The van der Waals surface area contributed by atoms with Crippen molar-refractivity contribution in [3.05, 3.63) is 11.7 Å². The maximum absolute atomic E-state index is 5.41. The van der Waals surface area contributed by atoms with Gasteiger partial charge < -0.3 is 14.6 Å². The van der Waals surface area contributed by atoms with Crippen molar-refractivity contribution in [2.45, 2.75) is 57.9 Å². The number of methoxy groups -OCH3 is 1. The fraction of sp³-hybridized carbons (Fsp3) is 0.867. The molecule has 0 amide bonds. The Hall–Kier alpha value is -0.940. The molecule has 5 heteroatoms. The third-order valence-corrected chi connectivity index (χ3v) is 4.25. The number of ether oxygens (including phenoxy) is 1. The second kappa shape index (κ2) is 7.74. The molecule has 1 saturated carbocycles. The van der Waals surface area contributed by atoms with Crippen molar-refractivity contribution in [3.63, 3.8) is 0 Å². The molecule has 114 valence electrons. The number of nitrogens with zero attached hydrogens (tertiary/aromatic N) is 2. The van der Waals surface area contributed by atoms with E-state index in [2.05, 4.69) is 29.3 Å². The van der Waals surface area contributed by atoms with Crippen molar-refractivity contribution in [2.75, 3.05) is 20.3 Å². The van der Waals surface area contributed by atoms with E-state index in [4.69, 9.17) is 9.26 Å². The van der Waals surface area contributed by atoms with E-state index in [1.807, 2.05) is 0 Å². The van der Waals surface area contributed by atoms with Crippen molar-refractivity contribution in [2.24, 2.45) is 5.92 Å². The summed E-state index contributed by atoms with van der Waals surface area (Å²) in [5.41, 5.74) is 0. The number of likely N-dealkylation sites (N-methyl/N-ethyl adjacent to an activating group) is 1. The molecule has 3 atom stereocenters. The van der Waals surface area contributed by atoms with Crippen LogP contribution in [0.4, 0.5) is 0 Å². The van der Waals surface area contributed by atoms with Crippen LogP contribution < -0.4 is 5.32 Å². The number of hydrogen-bond acceptors (Lipinski definition) is 5. The molecule has 1 aromatic rings. The van der Waals surface area contributed by atoms with Crippen LogP contribution in [0.2, 0.25) is 0 Å². The molecule has 5 nitrogen and oxygen atoms in total. The lowest BCUT2D eigenvalue weighted by Gasteiger charge is -2.14. The van der Waals surface area contributed by atoms with E-state index in [0.29, 0.717) is 12.5 Å². The zero-order valence-corrected chi connectivity index (χ0v) is 12.9. The summed E-state index contributed by atoms with van der Waals surface area (Å²) in [4.78, 5) is 4.59. The molecule has 1 fully saturated rings. The Morgan fingerprint density at radius 3 is 2.90 bits per heavy atom. The van der Waals surface area contributed by atoms with Gasteiger partial charge in [0.15, 0.2) is 5.82 Å². The van der Waals surface area contributed by atoms with Crippen molar-refractivity contribution in [1.29, 1.82) is 0 Å². The Labute approximate surface area is 121 Å². The Kier molecular flexibility index (Phi) is 5.98. The maximum Gasteiger partial charge on any atom is 0.228 e. The first-order chi connectivity index (χ1) is 9.76. The molecule has 1 aliphatic carbocycles. The van der Waals surface area contributed by atoms with Crippen molar-refractivity contribution >= 4 is 0 Å². The number of aromatic nitrogens is 2. The summed E-state index contributed by atoms with van der Waals surface area (Å²) in [6.45, 7) is 5.93. The van der Waals surface area contributed by atoms with Crippen LogP contribution in [-0.2, 0) is 11.2 Å². The zero-order chi connectivity index (χ0) is 14.4. The van der Waals surface area contributed by atoms with Crippen LogP contribution in [0.3, 0.4) is 0 Å². The number of rotatable bonds is 8. The fourth-order valence-electron chi connectivity index (χ4n) is 3.09. The van der Waals surface area contributed by atoms with Gasteiger partial charge in [-0.15, -0.1) is 0 Å². The fourth-order valence-corrected chi connectivity index (χ4v) is 3.09. The lowest BCUT2D eigenvalue weighted by molar-refractivity contribution is 0.162. The molecule has 0 radical (unpaired) electrons. The molecule has 1 heterocycles. The first-order valence-electron chi connectivity index (χ1n) is 7.81. The first kappa shape index (κ1) is 15.4. The summed E-state index contributed by atoms with van der Waals surface area (Å²) in [6, 6.07) is 0.241. The molecule has 0 saturated heterocycles. The van der Waals surface area contributed by atoms with Crippen molar-refractivity contribution < 1.29 is 9.26 Å². The predicted molar refractivity (Wildman–Crippen MR) is 77.7 cm³/mol. The van der Waals surface area contributed by atoms with Crippen LogP contribution in [0, 0.1) is 5.92 Å². The molecule has 1 aliphatic rings. The third kappa shape index (κ3) is 4.03. The molecule has 1 N–H and O–H groups in total. The van der Waals surface area contributed by atoms with Gasteiger partial charge in [-0.1, -0.05) is 25.4 Å². The average molecular weight is 281 g/mol. The predicted octanol–water partition coefficient (Wildman–Crippen LogP) is 2.53. The standard InChI is InChI=1S/C15H27N3O2/c1-4-11-6-7-12(8-11)15-17-14(20-18-15)9-13(10-19-3)16-5-2/h11-13,16H,4-10H2,1-3H3. The van der Waals surface area contributed by atoms with E-state index in [0.717, 1.165) is 30.6 Å². The van der Waals surface area contributed by atoms with E-state index in [1.165, 1.54) is 25.7 Å². The molecule has 20 heavy (non-hydrogen) atoms. The van der Waals surface area contributed by atoms with Crippen LogP contribution in [0.25, 0.3) is 0 Å². The quantitative estimate of drug-likeness (QED) is 0.793. The summed E-state index contributed by atoms with van der Waals surface area (Å²) < 4.78 is 10.6. The van der Waals surface area contributed by atoms with Crippen LogP contribution in [0.15, 0.2) is 4.52 Å². The summed E-state index contributed by atoms with van der Waals surface area (Å²) in [5, 5.41) is 7.56. The van der Waals surface area contributed by atoms with Gasteiger partial charge in [0.2, 0.25) is 5.89 Å². The molecule has 2 rings (SSSR count). The Morgan fingerprint density at radius 2 is 2.25 bits per heavy atom. The van der Waals surface area contributed by atoms with Gasteiger partial charge in [0, 0.05) is 25.5 Å². The van der Waals surface area contributed by atoms with Gasteiger partial charge in [0.1, 0.15) is 0 Å². The van der Waals surface area contributed by atoms with Crippen LogP contribution in [-0.4, -0.2) is 36.4 Å². The van der Waals surface area contributed by atoms with Crippen molar-refractivity contribution in [1.82, 2.24) is 15.5 Å². The molecule has 1 aromatic heterocycles. The van der Waals surface area contributed by atoms with Crippen LogP contribution in [0.1, 0.15) is 57.2 Å². The van der Waals surface area contributed by atoms with E-state index in [1.54, 1.807) is 7.11 Å². The van der Waals surface area contributed by atoms with Crippen LogP contribution in [0.5, 0.6) is 0 Å². The molecule has 3 unspecified atom stereocenters. The summed E-state index contributed by atoms with van der Waals surface area (Å²) >= 11 is 0. The minimum Gasteiger partial charge on any atom is -0.383 e. The Morgan fingerprint density at radius 1 is 1.40 bits per heavy atom.